The van der Waals surface area contributed by atoms with Gasteiger partial charge in [0.2, 0.25) is 0 Å². The number of fused-ring (bicyclic) bond motifs is 1. The van der Waals surface area contributed by atoms with Crippen molar-refractivity contribution in [1.82, 2.24) is 9.88 Å². The third kappa shape index (κ3) is 6.48. The Balaban J connectivity index is 1.16. The number of H-pyrrole nitrogens is 1. The average Bonchev–Trinajstić information content (AvgIpc) is 3.36. The smallest absolute Gasteiger partial charge is 0.252 e. The minimum atomic E-state index is -0.174. The number of nitrogens with zero attached hydrogens (tertiary/aromatic N) is 1. The third-order valence-corrected chi connectivity index (χ3v) is 7.33. The van der Waals surface area contributed by atoms with Crippen LogP contribution in [0.15, 0.2) is 83.7 Å². The van der Waals surface area contributed by atoms with Crippen LogP contribution in [0, 0.1) is 0 Å². The molecule has 0 amide bonds. The molecule has 37 heavy (non-hydrogen) atoms. The van der Waals surface area contributed by atoms with Crippen LogP contribution in [0.3, 0.4) is 0 Å². The summed E-state index contributed by atoms with van der Waals surface area (Å²) in [4.78, 5) is 17.5. The van der Waals surface area contributed by atoms with Crippen molar-refractivity contribution in [3.05, 3.63) is 94.8 Å². The lowest BCUT2D eigenvalue weighted by molar-refractivity contribution is 0.114. The van der Waals surface area contributed by atoms with E-state index in [9.17, 15) is 4.79 Å². The maximum Gasteiger partial charge on any atom is 0.252 e. The second-order valence-corrected chi connectivity index (χ2v) is 9.97. The predicted octanol–water partition coefficient (Wildman–Crippen LogP) is 6.81. The number of nitrogens with one attached hydrogen (secondary N) is 1. The molecule has 1 unspecified atom stereocenters. The molecule has 2 heterocycles. The number of aromatic nitrogens is 1. The molecule has 1 aromatic heterocycles. The van der Waals surface area contributed by atoms with Crippen LogP contribution in [0.5, 0.6) is 11.5 Å². The monoisotopic (exact) mass is 496 g/mol. The van der Waals surface area contributed by atoms with Crippen LogP contribution in [0.25, 0.3) is 22.0 Å². The highest BCUT2D eigenvalue weighted by Gasteiger charge is 2.23. The van der Waals surface area contributed by atoms with Crippen molar-refractivity contribution < 1.29 is 9.47 Å². The lowest BCUT2D eigenvalue weighted by Crippen LogP contribution is -2.33. The first-order valence-electron chi connectivity index (χ1n) is 13.4. The Labute approximate surface area is 219 Å². The van der Waals surface area contributed by atoms with E-state index in [0.29, 0.717) is 17.5 Å². The zero-order chi connectivity index (χ0) is 25.5. The van der Waals surface area contributed by atoms with Gasteiger partial charge in [0.25, 0.3) is 5.56 Å². The number of pyridine rings is 1. The molecule has 4 aromatic rings. The topological polar surface area (TPSA) is 54.6 Å². The van der Waals surface area contributed by atoms with Gasteiger partial charge in [-0.15, -0.1) is 0 Å². The highest BCUT2D eigenvalue weighted by Crippen LogP contribution is 2.30. The van der Waals surface area contributed by atoms with E-state index in [2.05, 4.69) is 40.2 Å². The van der Waals surface area contributed by atoms with Gasteiger partial charge in [0.1, 0.15) is 11.5 Å². The molecule has 3 aromatic carbocycles. The molecular formula is C32H36N2O3. The first-order valence-corrected chi connectivity index (χ1v) is 13.4. The fourth-order valence-corrected chi connectivity index (χ4v) is 5.38. The van der Waals surface area contributed by atoms with E-state index in [0.717, 1.165) is 35.1 Å². The highest BCUT2D eigenvalue weighted by molar-refractivity contribution is 5.85. The van der Waals surface area contributed by atoms with E-state index in [4.69, 9.17) is 9.47 Å². The molecular weight excluding hydrogens is 460 g/mol. The highest BCUT2D eigenvalue weighted by atomic mass is 16.5. The summed E-state index contributed by atoms with van der Waals surface area (Å²) in [5.74, 6) is 1.27. The van der Waals surface area contributed by atoms with E-state index < -0.39 is 0 Å². The quantitative estimate of drug-likeness (QED) is 0.232. The van der Waals surface area contributed by atoms with Crippen LogP contribution in [0.4, 0.5) is 0 Å². The van der Waals surface area contributed by atoms with Gasteiger partial charge < -0.3 is 14.5 Å². The maximum absolute atomic E-state index is 12.1. The summed E-state index contributed by atoms with van der Waals surface area (Å²) in [5, 5.41) is 0.882. The van der Waals surface area contributed by atoms with Gasteiger partial charge in [-0.3, -0.25) is 9.69 Å². The number of aryl methyl sites for hydroxylation is 1. The van der Waals surface area contributed by atoms with E-state index in [1.54, 1.807) is 0 Å². The summed E-state index contributed by atoms with van der Waals surface area (Å²) >= 11 is 0. The standard InChI is InChI=1S/C32H36N2O3/c1-36-23-27-11-8-20-34(27)19-6-2-3-9-24-15-17-25(18-16-24)26-10-7-12-28(21-26)37-31-22-32(35)33-30-14-5-4-13-29(30)31/h4-5,7,10,12-18,21-22,27H,2-3,6,8-9,11,19-20,23H2,1H3,(H,33,35). The molecule has 0 bridgehead atoms. The normalized spacial score (nSPS) is 15.9. The molecule has 1 aliphatic rings. The number of likely N-dealkylation sites (tertiary alicyclic amines) is 1. The number of hydrogen-bond acceptors (Lipinski definition) is 4. The van der Waals surface area contributed by atoms with E-state index in [1.165, 1.54) is 56.8 Å². The van der Waals surface area contributed by atoms with E-state index >= 15 is 0 Å². The van der Waals surface area contributed by atoms with Crippen LogP contribution < -0.4 is 10.3 Å². The molecule has 1 fully saturated rings. The Morgan fingerprint density at radius 1 is 0.919 bits per heavy atom. The second-order valence-electron chi connectivity index (χ2n) is 9.97. The minimum absolute atomic E-state index is 0.174. The van der Waals surface area contributed by atoms with Crippen LogP contribution in [-0.2, 0) is 11.2 Å². The zero-order valence-electron chi connectivity index (χ0n) is 21.6. The fourth-order valence-electron chi connectivity index (χ4n) is 5.38. The predicted molar refractivity (Wildman–Crippen MR) is 151 cm³/mol. The molecule has 192 valence electrons. The SMILES string of the molecule is COCC1CCCN1CCCCCc1ccc(-c2cccc(Oc3cc(=O)[nH]c4ccccc34)c2)cc1. The molecule has 1 aliphatic heterocycles. The van der Waals surface area contributed by atoms with Gasteiger partial charge in [0.05, 0.1) is 12.1 Å². The van der Waals surface area contributed by atoms with Crippen molar-refractivity contribution in [3.8, 4) is 22.6 Å². The molecule has 0 aliphatic carbocycles. The molecule has 1 atom stereocenters. The Bertz CT molecular complexity index is 1360. The maximum atomic E-state index is 12.1. The van der Waals surface area contributed by atoms with Gasteiger partial charge in [-0.05, 0) is 86.1 Å². The Kier molecular flexibility index (Phi) is 8.34. The molecule has 0 radical (unpaired) electrons. The lowest BCUT2D eigenvalue weighted by Gasteiger charge is -2.23. The summed E-state index contributed by atoms with van der Waals surface area (Å²) in [6, 6.07) is 26.7. The van der Waals surface area contributed by atoms with Crippen molar-refractivity contribution in [2.75, 3.05) is 26.8 Å². The summed E-state index contributed by atoms with van der Waals surface area (Å²) in [6.07, 6.45) is 7.43. The first-order chi connectivity index (χ1) is 18.2. The van der Waals surface area contributed by atoms with Gasteiger partial charge in [0.15, 0.2) is 0 Å². The zero-order valence-corrected chi connectivity index (χ0v) is 21.6. The van der Waals surface area contributed by atoms with Gasteiger partial charge in [-0.25, -0.2) is 0 Å². The molecule has 1 saturated heterocycles. The van der Waals surface area contributed by atoms with Crippen LogP contribution in [0.2, 0.25) is 0 Å². The number of aromatic amines is 1. The van der Waals surface area contributed by atoms with Crippen molar-refractivity contribution >= 4 is 10.9 Å². The number of benzene rings is 3. The molecule has 0 spiro atoms. The Morgan fingerprint density at radius 3 is 2.65 bits per heavy atom. The number of para-hydroxylation sites is 1. The van der Waals surface area contributed by atoms with Gasteiger partial charge in [0, 0.05) is 24.6 Å². The molecule has 5 nitrogen and oxygen atoms in total. The summed E-state index contributed by atoms with van der Waals surface area (Å²) in [5.41, 5.74) is 4.22. The number of unbranched alkanes of at least 4 members (excludes halogenated alkanes) is 2. The van der Waals surface area contributed by atoms with E-state index in [-0.39, 0.29) is 5.56 Å². The number of methoxy groups -OCH3 is 1. The fraction of sp³-hybridized carbons (Fsp3) is 0.344. The van der Waals surface area contributed by atoms with Crippen molar-refractivity contribution in [2.45, 2.75) is 44.6 Å². The summed E-state index contributed by atoms with van der Waals surface area (Å²) < 4.78 is 11.5. The second kappa shape index (κ2) is 12.2. The molecule has 5 heteroatoms. The number of ether oxygens (including phenoxy) is 2. The van der Waals surface area contributed by atoms with Gasteiger partial charge in [-0.1, -0.05) is 55.0 Å². The largest absolute Gasteiger partial charge is 0.456 e. The minimum Gasteiger partial charge on any atom is -0.456 e. The van der Waals surface area contributed by atoms with Crippen LogP contribution >= 0.6 is 0 Å². The van der Waals surface area contributed by atoms with Crippen molar-refractivity contribution in [2.24, 2.45) is 0 Å². The van der Waals surface area contributed by atoms with Crippen LogP contribution in [0.1, 0.15) is 37.7 Å². The van der Waals surface area contributed by atoms with Crippen molar-refractivity contribution in [1.29, 1.82) is 0 Å². The first kappa shape index (κ1) is 25.2. The van der Waals surface area contributed by atoms with Crippen LogP contribution in [-0.4, -0.2) is 42.7 Å². The van der Waals surface area contributed by atoms with Crippen molar-refractivity contribution in [3.63, 3.8) is 0 Å². The Morgan fingerprint density at radius 2 is 1.78 bits per heavy atom. The molecule has 1 N–H and O–H groups in total. The van der Waals surface area contributed by atoms with E-state index in [1.807, 2.05) is 49.6 Å². The summed E-state index contributed by atoms with van der Waals surface area (Å²) in [6.45, 7) is 3.28. The molecule has 0 saturated carbocycles. The average molecular weight is 497 g/mol. The lowest BCUT2D eigenvalue weighted by atomic mass is 10.0. The summed E-state index contributed by atoms with van der Waals surface area (Å²) in [7, 11) is 1.81. The third-order valence-electron chi connectivity index (χ3n) is 7.33. The van der Waals surface area contributed by atoms with Gasteiger partial charge in [-0.2, -0.15) is 0 Å². The Hall–Kier alpha value is -3.41. The number of hydrogen-bond donors (Lipinski definition) is 1. The number of rotatable bonds is 11. The molecule has 5 rings (SSSR count). The van der Waals surface area contributed by atoms with Gasteiger partial charge >= 0.3 is 0 Å².